The number of alkyl halides is 1. The molecular weight excluding hydrogens is 626 g/mol. The molecule has 9 nitrogen and oxygen atoms in total. The van der Waals surface area contributed by atoms with Gasteiger partial charge in [-0.05, 0) is 24.9 Å². The van der Waals surface area contributed by atoms with E-state index in [0.29, 0.717) is 18.4 Å². The molecule has 0 unspecified atom stereocenters. The number of hydrogen-bond acceptors (Lipinski definition) is 7. The summed E-state index contributed by atoms with van der Waals surface area (Å²) >= 11 is 6.33. The Morgan fingerprint density at radius 2 is 2.00 bits per heavy atom. The third-order valence-electron chi connectivity index (χ3n) is 8.54. The Labute approximate surface area is 266 Å². The highest BCUT2D eigenvalue weighted by Crippen LogP contribution is 2.38. The van der Waals surface area contributed by atoms with Gasteiger partial charge in [0, 0.05) is 43.3 Å². The summed E-state index contributed by atoms with van der Waals surface area (Å²) in [5, 5.41) is 0.866. The highest BCUT2D eigenvalue weighted by molar-refractivity contribution is 6.36. The Balaban J connectivity index is 1.47. The fraction of sp³-hybridized carbons (Fsp3) is 0.344. The van der Waals surface area contributed by atoms with Crippen LogP contribution in [-0.2, 0) is 4.79 Å². The minimum Gasteiger partial charge on any atom is -0.462 e. The van der Waals surface area contributed by atoms with Gasteiger partial charge in [0.2, 0.25) is 6.54 Å². The number of likely N-dealkylation sites (N-methyl/N-ethyl adjacent to an activating group) is 1. The van der Waals surface area contributed by atoms with Crippen LogP contribution >= 0.6 is 11.6 Å². The molecule has 2 aliphatic heterocycles. The van der Waals surface area contributed by atoms with Crippen LogP contribution in [0.4, 0.5) is 23.4 Å². The Morgan fingerprint density at radius 3 is 2.72 bits per heavy atom. The SMILES string of the molecule is [C-]#[N+]C[C@H]1CN(c2nc(OC[C@H]3[C@@H](F)CCN3C)nc3c(F)c(-c4cccc5ccc(F)c(Cl)c45)ncc23)CCN1C(=O)C(=C)F. The maximum atomic E-state index is 16.6. The van der Waals surface area contributed by atoms with E-state index in [4.69, 9.17) is 22.9 Å². The number of aromatic nitrogens is 3. The number of anilines is 1. The van der Waals surface area contributed by atoms with Crippen molar-refractivity contribution in [2.75, 3.05) is 51.3 Å². The number of rotatable bonds is 7. The minimum absolute atomic E-state index is 0.0358. The Hall–Kier alpha value is -4.54. The Morgan fingerprint density at radius 1 is 1.20 bits per heavy atom. The molecule has 0 aliphatic carbocycles. The highest BCUT2D eigenvalue weighted by Gasteiger charge is 2.36. The molecule has 1 amide bonds. The first-order chi connectivity index (χ1) is 22.1. The number of nitrogens with zero attached hydrogens (tertiary/aromatic N) is 7. The third kappa shape index (κ3) is 5.67. The minimum atomic E-state index is -1.14. The zero-order chi connectivity index (χ0) is 32.7. The summed E-state index contributed by atoms with van der Waals surface area (Å²) in [6, 6.07) is 6.23. The van der Waals surface area contributed by atoms with E-state index in [1.54, 1.807) is 30.1 Å². The summed E-state index contributed by atoms with van der Waals surface area (Å²) in [5.41, 5.74) is -0.0561. The van der Waals surface area contributed by atoms with E-state index in [2.05, 4.69) is 26.4 Å². The van der Waals surface area contributed by atoms with Crippen LogP contribution in [-0.4, -0.2) is 95.3 Å². The molecule has 2 fully saturated rings. The lowest BCUT2D eigenvalue weighted by Crippen LogP contribution is -2.56. The zero-order valence-electron chi connectivity index (χ0n) is 24.7. The second kappa shape index (κ2) is 12.7. The molecular formula is C32H28ClF4N7O2. The second-order valence-corrected chi connectivity index (χ2v) is 11.7. The number of likely N-dealkylation sites (tertiary alicyclic amines) is 1. The average molecular weight is 654 g/mol. The molecule has 2 aromatic carbocycles. The summed E-state index contributed by atoms with van der Waals surface area (Å²) in [6.45, 7) is 11.1. The Bertz CT molecular complexity index is 1890. The van der Waals surface area contributed by atoms with Crippen molar-refractivity contribution in [1.29, 1.82) is 0 Å². The van der Waals surface area contributed by atoms with Crippen LogP contribution in [0.2, 0.25) is 5.02 Å². The average Bonchev–Trinajstić information content (AvgIpc) is 3.37. The molecule has 0 spiro atoms. The molecule has 46 heavy (non-hydrogen) atoms. The molecule has 6 rings (SSSR count). The topological polar surface area (TPSA) is 79.1 Å². The van der Waals surface area contributed by atoms with Gasteiger partial charge in [0.1, 0.15) is 41.7 Å². The van der Waals surface area contributed by atoms with Crippen molar-refractivity contribution in [3.8, 4) is 17.3 Å². The lowest BCUT2D eigenvalue weighted by molar-refractivity contribution is -0.131. The molecule has 4 aromatic rings. The molecule has 2 aliphatic rings. The van der Waals surface area contributed by atoms with Gasteiger partial charge in [0.25, 0.3) is 5.91 Å². The maximum Gasteiger partial charge on any atom is 0.319 e. The number of piperazine rings is 1. The van der Waals surface area contributed by atoms with Crippen LogP contribution in [0.3, 0.4) is 0 Å². The van der Waals surface area contributed by atoms with Gasteiger partial charge in [0.05, 0.1) is 16.5 Å². The number of carbonyl (C=O) groups is 1. The van der Waals surface area contributed by atoms with E-state index in [9.17, 15) is 18.0 Å². The first-order valence-electron chi connectivity index (χ1n) is 14.5. The van der Waals surface area contributed by atoms with Crippen molar-refractivity contribution in [3.63, 3.8) is 0 Å². The molecule has 0 N–H and O–H groups in total. The summed E-state index contributed by atoms with van der Waals surface area (Å²) in [4.78, 5) is 34.0. The van der Waals surface area contributed by atoms with Gasteiger partial charge in [-0.3, -0.25) is 14.7 Å². The van der Waals surface area contributed by atoms with Crippen LogP contribution in [0.5, 0.6) is 6.01 Å². The largest absolute Gasteiger partial charge is 0.462 e. The van der Waals surface area contributed by atoms with Gasteiger partial charge >= 0.3 is 6.01 Å². The molecule has 238 valence electrons. The smallest absolute Gasteiger partial charge is 0.319 e. The molecule has 4 heterocycles. The van der Waals surface area contributed by atoms with Gasteiger partial charge in [-0.15, -0.1) is 0 Å². The number of benzene rings is 2. The molecule has 0 bridgehead atoms. The number of ether oxygens (including phenoxy) is 1. The highest BCUT2D eigenvalue weighted by atomic mass is 35.5. The van der Waals surface area contributed by atoms with Crippen molar-refractivity contribution in [2.24, 2.45) is 0 Å². The molecule has 0 saturated carbocycles. The quantitative estimate of drug-likeness (QED) is 0.146. The number of hydrogen-bond donors (Lipinski definition) is 0. The standard InChI is InChI=1S/C32H28ClF4N7O2/c1-17(34)31(45)44-12-11-43(15-19(44)13-38-2)30-21-14-39-28(20-6-4-5-18-7-8-23(36)26(33)25(18)20)27(37)29(21)40-32(41-30)46-16-24-22(35)9-10-42(24)3/h4-8,14,19,22,24H,1,9-13,15-16H2,3H3/t19-,22-,24-/m0/s1. The fourth-order valence-corrected chi connectivity index (χ4v) is 6.38. The molecule has 2 aromatic heterocycles. The number of halogens is 5. The van der Waals surface area contributed by atoms with E-state index in [1.807, 2.05) is 4.90 Å². The van der Waals surface area contributed by atoms with E-state index < -0.39 is 41.6 Å². The number of fused-ring (bicyclic) bond motifs is 2. The van der Waals surface area contributed by atoms with E-state index in [-0.39, 0.29) is 77.2 Å². The predicted molar refractivity (Wildman–Crippen MR) is 166 cm³/mol. The molecule has 3 atom stereocenters. The summed E-state index contributed by atoms with van der Waals surface area (Å²) in [5.74, 6) is -3.36. The number of carbonyl (C=O) groups excluding carboxylic acids is 1. The van der Waals surface area contributed by atoms with Crippen LogP contribution < -0.4 is 9.64 Å². The predicted octanol–water partition coefficient (Wildman–Crippen LogP) is 5.62. The van der Waals surface area contributed by atoms with Gasteiger partial charge in [-0.2, -0.15) is 9.97 Å². The summed E-state index contributed by atoms with van der Waals surface area (Å²) in [6.07, 6.45) is 0.605. The first kappa shape index (κ1) is 31.4. The van der Waals surface area contributed by atoms with Gasteiger partial charge in [-0.1, -0.05) is 42.4 Å². The van der Waals surface area contributed by atoms with Crippen LogP contribution in [0.15, 0.2) is 48.9 Å². The van der Waals surface area contributed by atoms with Crippen molar-refractivity contribution in [1.82, 2.24) is 24.8 Å². The zero-order valence-corrected chi connectivity index (χ0v) is 25.4. The third-order valence-corrected chi connectivity index (χ3v) is 8.90. The Kier molecular flexibility index (Phi) is 8.67. The molecule has 2 saturated heterocycles. The van der Waals surface area contributed by atoms with Gasteiger partial charge in [0.15, 0.2) is 11.6 Å². The maximum absolute atomic E-state index is 16.6. The van der Waals surface area contributed by atoms with E-state index in [1.165, 1.54) is 23.2 Å². The van der Waals surface area contributed by atoms with Gasteiger partial charge in [-0.25, -0.2) is 24.1 Å². The normalized spacial score (nSPS) is 20.3. The van der Waals surface area contributed by atoms with Crippen LogP contribution in [0.25, 0.3) is 37.8 Å². The lowest BCUT2D eigenvalue weighted by Gasteiger charge is -2.39. The van der Waals surface area contributed by atoms with Crippen molar-refractivity contribution in [3.05, 3.63) is 77.0 Å². The first-order valence-corrected chi connectivity index (χ1v) is 14.9. The second-order valence-electron chi connectivity index (χ2n) is 11.3. The molecule has 0 radical (unpaired) electrons. The number of pyridine rings is 1. The van der Waals surface area contributed by atoms with E-state index >= 15 is 4.39 Å². The van der Waals surface area contributed by atoms with Crippen LogP contribution in [0, 0.1) is 18.2 Å². The molecule has 14 heteroatoms. The van der Waals surface area contributed by atoms with E-state index in [0.717, 1.165) is 0 Å². The fourth-order valence-electron chi connectivity index (χ4n) is 6.11. The van der Waals surface area contributed by atoms with Crippen molar-refractivity contribution >= 4 is 45.0 Å². The number of amides is 1. The lowest BCUT2D eigenvalue weighted by atomic mass is 10.0. The van der Waals surface area contributed by atoms with Crippen molar-refractivity contribution < 1.29 is 27.1 Å². The van der Waals surface area contributed by atoms with Crippen molar-refractivity contribution in [2.45, 2.75) is 24.7 Å². The monoisotopic (exact) mass is 653 g/mol. The summed E-state index contributed by atoms with van der Waals surface area (Å²) in [7, 11) is 1.78. The van der Waals surface area contributed by atoms with Gasteiger partial charge < -0.3 is 19.4 Å². The van der Waals surface area contributed by atoms with Crippen LogP contribution in [0.1, 0.15) is 6.42 Å². The summed E-state index contributed by atoms with van der Waals surface area (Å²) < 4.78 is 65.3.